The molecule has 0 bridgehead atoms. The predicted octanol–water partition coefficient (Wildman–Crippen LogP) is 3.52. The van der Waals surface area contributed by atoms with E-state index in [9.17, 15) is 9.59 Å². The Morgan fingerprint density at radius 1 is 1.24 bits per heavy atom. The fraction of sp³-hybridized carbons (Fsp3) is 0.333. The lowest BCUT2D eigenvalue weighted by Gasteiger charge is -2.23. The standard InChI is InChI=1S/C12H12Cl2O3/c1-7(15)17-12(2,3)11(16)8-5-4-6-9(13)10(8)14/h4-6H,1-3H3. The topological polar surface area (TPSA) is 43.4 Å². The summed E-state index contributed by atoms with van der Waals surface area (Å²) in [7, 11) is 0. The maximum Gasteiger partial charge on any atom is 0.303 e. The molecule has 3 nitrogen and oxygen atoms in total. The molecule has 1 aromatic carbocycles. The van der Waals surface area contributed by atoms with Crippen LogP contribution >= 0.6 is 23.2 Å². The fourth-order valence-electron chi connectivity index (χ4n) is 1.41. The second kappa shape index (κ2) is 5.07. The molecule has 0 N–H and O–H groups in total. The van der Waals surface area contributed by atoms with Crippen LogP contribution in [0.5, 0.6) is 0 Å². The molecule has 0 aliphatic rings. The highest BCUT2D eigenvalue weighted by molar-refractivity contribution is 6.44. The van der Waals surface area contributed by atoms with E-state index in [0.29, 0.717) is 0 Å². The molecular weight excluding hydrogens is 263 g/mol. The Morgan fingerprint density at radius 3 is 2.35 bits per heavy atom. The van der Waals surface area contributed by atoms with Crippen LogP contribution in [0.15, 0.2) is 18.2 Å². The summed E-state index contributed by atoms with van der Waals surface area (Å²) in [5.41, 5.74) is -1.02. The van der Waals surface area contributed by atoms with Gasteiger partial charge >= 0.3 is 5.97 Å². The van der Waals surface area contributed by atoms with Gasteiger partial charge in [-0.1, -0.05) is 29.3 Å². The van der Waals surface area contributed by atoms with Gasteiger partial charge in [0.25, 0.3) is 0 Å². The van der Waals surface area contributed by atoms with Gasteiger partial charge in [-0.2, -0.15) is 0 Å². The first-order valence-corrected chi connectivity index (χ1v) is 5.69. The monoisotopic (exact) mass is 274 g/mol. The van der Waals surface area contributed by atoms with Crippen molar-refractivity contribution in [3.05, 3.63) is 33.8 Å². The molecule has 0 amide bonds. The average molecular weight is 275 g/mol. The van der Waals surface area contributed by atoms with Crippen LogP contribution in [0.3, 0.4) is 0 Å². The molecule has 0 unspecified atom stereocenters. The van der Waals surface area contributed by atoms with Crippen LogP contribution in [0.1, 0.15) is 31.1 Å². The second-order valence-electron chi connectivity index (χ2n) is 4.03. The number of Topliss-reactive ketones (excluding diaryl/α,β-unsaturated/α-hetero) is 1. The van der Waals surface area contributed by atoms with Gasteiger partial charge in [-0.15, -0.1) is 0 Å². The first-order valence-electron chi connectivity index (χ1n) is 4.94. The van der Waals surface area contributed by atoms with Crippen LogP contribution in [-0.2, 0) is 9.53 Å². The smallest absolute Gasteiger partial charge is 0.303 e. The Balaban J connectivity index is 3.12. The normalized spacial score (nSPS) is 11.1. The highest BCUT2D eigenvalue weighted by Gasteiger charge is 2.33. The van der Waals surface area contributed by atoms with Crippen molar-refractivity contribution in [3.8, 4) is 0 Å². The van der Waals surface area contributed by atoms with Crippen molar-refractivity contribution in [1.82, 2.24) is 0 Å². The van der Waals surface area contributed by atoms with Crippen molar-refractivity contribution in [3.63, 3.8) is 0 Å². The number of carbonyl (C=O) groups is 2. The zero-order chi connectivity index (χ0) is 13.2. The summed E-state index contributed by atoms with van der Waals surface area (Å²) in [5, 5.41) is 0.454. The van der Waals surface area contributed by atoms with Gasteiger partial charge in [0, 0.05) is 12.5 Å². The van der Waals surface area contributed by atoms with Crippen molar-refractivity contribution < 1.29 is 14.3 Å². The number of ketones is 1. The maximum atomic E-state index is 12.2. The van der Waals surface area contributed by atoms with E-state index in [4.69, 9.17) is 27.9 Å². The molecule has 1 rings (SSSR count). The summed E-state index contributed by atoms with van der Waals surface area (Å²) in [6.07, 6.45) is 0. The second-order valence-corrected chi connectivity index (χ2v) is 4.82. The Morgan fingerprint density at radius 2 is 1.82 bits per heavy atom. The summed E-state index contributed by atoms with van der Waals surface area (Å²) in [5.74, 6) is -0.915. The van der Waals surface area contributed by atoms with Crippen LogP contribution in [0, 0.1) is 0 Å². The van der Waals surface area contributed by atoms with Gasteiger partial charge in [-0.25, -0.2) is 0 Å². The van der Waals surface area contributed by atoms with E-state index in [1.54, 1.807) is 18.2 Å². The molecule has 0 heterocycles. The number of rotatable bonds is 3. The first-order chi connectivity index (χ1) is 7.75. The van der Waals surface area contributed by atoms with Gasteiger partial charge in [0.15, 0.2) is 5.60 Å². The lowest BCUT2D eigenvalue weighted by molar-refractivity contribution is -0.149. The van der Waals surface area contributed by atoms with E-state index < -0.39 is 11.6 Å². The van der Waals surface area contributed by atoms with Crippen molar-refractivity contribution in [2.24, 2.45) is 0 Å². The molecule has 0 aliphatic heterocycles. The van der Waals surface area contributed by atoms with E-state index in [0.717, 1.165) is 0 Å². The van der Waals surface area contributed by atoms with Gasteiger partial charge in [0.1, 0.15) is 0 Å². The fourth-order valence-corrected chi connectivity index (χ4v) is 1.80. The number of hydrogen-bond donors (Lipinski definition) is 0. The van der Waals surface area contributed by atoms with Gasteiger partial charge in [0.2, 0.25) is 5.78 Å². The third kappa shape index (κ3) is 3.20. The lowest BCUT2D eigenvalue weighted by atomic mass is 9.96. The maximum absolute atomic E-state index is 12.2. The summed E-state index contributed by atoms with van der Waals surface area (Å²) >= 11 is 11.8. The predicted molar refractivity (Wildman–Crippen MR) is 66.6 cm³/mol. The quantitative estimate of drug-likeness (QED) is 0.626. The van der Waals surface area contributed by atoms with Crippen molar-refractivity contribution in [2.45, 2.75) is 26.4 Å². The van der Waals surface area contributed by atoms with Gasteiger partial charge in [-0.05, 0) is 26.0 Å². The Kier molecular flexibility index (Phi) is 4.17. The Bertz CT molecular complexity index is 467. The van der Waals surface area contributed by atoms with Crippen molar-refractivity contribution in [2.75, 3.05) is 0 Å². The molecule has 0 atom stereocenters. The average Bonchev–Trinajstić information content (AvgIpc) is 2.19. The molecule has 0 saturated heterocycles. The van der Waals surface area contributed by atoms with Crippen LogP contribution in [-0.4, -0.2) is 17.4 Å². The number of carbonyl (C=O) groups excluding carboxylic acids is 2. The van der Waals surface area contributed by atoms with Gasteiger partial charge in [0.05, 0.1) is 10.0 Å². The number of hydrogen-bond acceptors (Lipinski definition) is 3. The van der Waals surface area contributed by atoms with E-state index in [-0.39, 0.29) is 21.4 Å². The van der Waals surface area contributed by atoms with Crippen molar-refractivity contribution >= 4 is 35.0 Å². The zero-order valence-corrected chi connectivity index (χ0v) is 11.2. The Hall–Kier alpha value is -1.06. The van der Waals surface area contributed by atoms with Crippen molar-refractivity contribution in [1.29, 1.82) is 0 Å². The van der Waals surface area contributed by atoms with E-state index in [2.05, 4.69) is 0 Å². The molecule has 0 aliphatic carbocycles. The molecular formula is C12H12Cl2O3. The number of esters is 1. The summed E-state index contributed by atoms with van der Waals surface area (Å²) < 4.78 is 4.96. The molecule has 0 aromatic heterocycles. The third-order valence-electron chi connectivity index (χ3n) is 2.14. The minimum atomic E-state index is -1.26. The van der Waals surface area contributed by atoms with E-state index >= 15 is 0 Å². The number of benzene rings is 1. The summed E-state index contributed by atoms with van der Waals surface area (Å²) in [6.45, 7) is 4.26. The van der Waals surface area contributed by atoms with Crippen LogP contribution in [0.4, 0.5) is 0 Å². The van der Waals surface area contributed by atoms with Gasteiger partial charge < -0.3 is 4.74 Å². The zero-order valence-electron chi connectivity index (χ0n) is 9.71. The third-order valence-corrected chi connectivity index (χ3v) is 2.96. The van der Waals surface area contributed by atoms with Crippen LogP contribution < -0.4 is 0 Å². The molecule has 0 radical (unpaired) electrons. The molecule has 17 heavy (non-hydrogen) atoms. The largest absolute Gasteiger partial charge is 0.451 e. The molecule has 5 heteroatoms. The van der Waals surface area contributed by atoms with Crippen LogP contribution in [0.25, 0.3) is 0 Å². The summed E-state index contributed by atoms with van der Waals surface area (Å²) in [6, 6.07) is 4.74. The molecule has 92 valence electrons. The molecule has 0 saturated carbocycles. The van der Waals surface area contributed by atoms with Crippen LogP contribution in [0.2, 0.25) is 10.0 Å². The van der Waals surface area contributed by atoms with E-state index in [1.165, 1.54) is 20.8 Å². The molecule has 0 fully saturated rings. The minimum Gasteiger partial charge on any atom is -0.451 e. The number of halogens is 2. The SMILES string of the molecule is CC(=O)OC(C)(C)C(=O)c1cccc(Cl)c1Cl. The Labute approximate surface area is 110 Å². The van der Waals surface area contributed by atoms with E-state index in [1.807, 2.05) is 0 Å². The minimum absolute atomic E-state index is 0.166. The molecule has 1 aromatic rings. The summed E-state index contributed by atoms with van der Waals surface area (Å²) in [4.78, 5) is 23.1. The van der Waals surface area contributed by atoms with Gasteiger partial charge in [-0.3, -0.25) is 9.59 Å². The number of ether oxygens (including phenoxy) is 1. The highest BCUT2D eigenvalue weighted by atomic mass is 35.5. The molecule has 0 spiro atoms. The highest BCUT2D eigenvalue weighted by Crippen LogP contribution is 2.29. The lowest BCUT2D eigenvalue weighted by Crippen LogP contribution is -2.36. The first kappa shape index (κ1) is 14.0.